The zero-order valence-corrected chi connectivity index (χ0v) is 24.3. The number of aliphatic imine (C=N–C) groups is 1. The first kappa shape index (κ1) is 28.6. The number of hydrogen-bond donors (Lipinski definition) is 0. The number of ketones is 1. The molecule has 212 valence electrons. The lowest BCUT2D eigenvalue weighted by Crippen LogP contribution is -2.47. The molecule has 1 aliphatic carbocycles. The van der Waals surface area contributed by atoms with Gasteiger partial charge in [-0.25, -0.2) is 9.79 Å². The topological polar surface area (TPSA) is 116 Å². The van der Waals surface area contributed by atoms with Crippen LogP contribution in [-0.4, -0.2) is 73.8 Å². The molecule has 10 heteroatoms. The third-order valence-corrected chi connectivity index (χ3v) is 8.58. The number of carbonyl (C=O) groups excluding carboxylic acids is 3. The van der Waals surface area contributed by atoms with Gasteiger partial charge in [0.1, 0.15) is 11.1 Å². The minimum atomic E-state index is -1.06. The SMILES string of the molecule is C=CCC1(Cc2ccncc2)N=C(SCC(=O)c2ccc(C#N)cc2)N(C2C3CN(C(=O)OC(C)(C)C)CC32)C1=O. The van der Waals surface area contributed by atoms with E-state index in [0.717, 1.165) is 5.56 Å². The summed E-state index contributed by atoms with van der Waals surface area (Å²) in [4.78, 5) is 52.5. The van der Waals surface area contributed by atoms with Crippen molar-refractivity contribution in [1.82, 2.24) is 14.8 Å². The number of benzene rings is 1. The highest BCUT2D eigenvalue weighted by molar-refractivity contribution is 8.14. The Morgan fingerprint density at radius 2 is 1.83 bits per heavy atom. The van der Waals surface area contributed by atoms with Crippen LogP contribution in [0.15, 0.2) is 66.4 Å². The van der Waals surface area contributed by atoms with Gasteiger partial charge in [-0.2, -0.15) is 5.26 Å². The van der Waals surface area contributed by atoms with Crippen molar-refractivity contribution >= 4 is 34.7 Å². The lowest BCUT2D eigenvalue weighted by atomic mass is 9.88. The second kappa shape index (κ2) is 11.1. The van der Waals surface area contributed by atoms with E-state index >= 15 is 0 Å². The normalized spacial score (nSPS) is 24.9. The number of likely N-dealkylation sites (tertiary alicyclic amines) is 1. The van der Waals surface area contributed by atoms with Gasteiger partial charge in [0.05, 0.1) is 17.4 Å². The molecule has 1 saturated heterocycles. The van der Waals surface area contributed by atoms with Gasteiger partial charge in [-0.15, -0.1) is 6.58 Å². The smallest absolute Gasteiger partial charge is 0.410 e. The number of fused-ring (bicyclic) bond motifs is 1. The fourth-order valence-corrected chi connectivity index (χ4v) is 6.67. The zero-order valence-electron chi connectivity index (χ0n) is 23.4. The monoisotopic (exact) mass is 571 g/mol. The Hall–Kier alpha value is -3.97. The maximum absolute atomic E-state index is 14.2. The van der Waals surface area contributed by atoms with Crippen molar-refractivity contribution in [3.8, 4) is 6.07 Å². The molecule has 3 aliphatic rings. The van der Waals surface area contributed by atoms with E-state index in [2.05, 4.69) is 17.6 Å². The lowest BCUT2D eigenvalue weighted by Gasteiger charge is -2.29. The molecule has 0 spiro atoms. The van der Waals surface area contributed by atoms with Crippen LogP contribution >= 0.6 is 11.8 Å². The molecule has 2 aromatic rings. The Morgan fingerprint density at radius 3 is 2.41 bits per heavy atom. The van der Waals surface area contributed by atoms with Crippen LogP contribution < -0.4 is 0 Å². The van der Waals surface area contributed by atoms with Crippen LogP contribution in [0.2, 0.25) is 0 Å². The number of piperidine rings is 1. The lowest BCUT2D eigenvalue weighted by molar-refractivity contribution is -0.131. The molecular formula is C31H33N5O4S. The summed E-state index contributed by atoms with van der Waals surface area (Å²) in [5.41, 5.74) is 0.273. The number of amides is 2. The molecule has 2 fully saturated rings. The summed E-state index contributed by atoms with van der Waals surface area (Å²) in [7, 11) is 0. The molecule has 1 saturated carbocycles. The van der Waals surface area contributed by atoms with Crippen molar-refractivity contribution in [3.05, 3.63) is 78.1 Å². The van der Waals surface area contributed by atoms with Crippen molar-refractivity contribution in [2.75, 3.05) is 18.8 Å². The van der Waals surface area contributed by atoms with E-state index < -0.39 is 11.1 Å². The Kier molecular flexibility index (Phi) is 7.75. The van der Waals surface area contributed by atoms with E-state index in [9.17, 15) is 14.4 Å². The van der Waals surface area contributed by atoms with Gasteiger partial charge in [0.15, 0.2) is 11.0 Å². The van der Waals surface area contributed by atoms with Crippen molar-refractivity contribution in [1.29, 1.82) is 5.26 Å². The number of amidine groups is 1. The molecule has 9 nitrogen and oxygen atoms in total. The van der Waals surface area contributed by atoms with E-state index in [1.807, 2.05) is 32.9 Å². The molecular weight excluding hydrogens is 538 g/mol. The predicted octanol–water partition coefficient (Wildman–Crippen LogP) is 4.49. The van der Waals surface area contributed by atoms with Gasteiger partial charge in [0.2, 0.25) is 0 Å². The molecule has 1 aromatic carbocycles. The van der Waals surface area contributed by atoms with Crippen molar-refractivity contribution in [2.24, 2.45) is 16.8 Å². The Labute approximate surface area is 244 Å². The van der Waals surface area contributed by atoms with Crippen LogP contribution in [-0.2, 0) is 16.0 Å². The third-order valence-electron chi connectivity index (χ3n) is 7.63. The van der Waals surface area contributed by atoms with Crippen molar-refractivity contribution in [2.45, 2.75) is 50.8 Å². The van der Waals surface area contributed by atoms with Crippen molar-refractivity contribution in [3.63, 3.8) is 0 Å². The average molecular weight is 572 g/mol. The van der Waals surface area contributed by atoms with E-state index in [1.54, 1.807) is 52.5 Å². The molecule has 2 amide bonds. The fourth-order valence-electron chi connectivity index (χ4n) is 5.66. The van der Waals surface area contributed by atoms with Crippen LogP contribution in [0.1, 0.15) is 48.7 Å². The summed E-state index contributed by atoms with van der Waals surface area (Å²) in [6.07, 6.45) is 5.50. The second-order valence-corrected chi connectivity index (χ2v) is 12.7. The molecule has 3 heterocycles. The van der Waals surface area contributed by atoms with E-state index in [0.29, 0.717) is 42.2 Å². The van der Waals surface area contributed by atoms with E-state index in [-0.39, 0.29) is 41.4 Å². The quantitative estimate of drug-likeness (QED) is 0.339. The van der Waals surface area contributed by atoms with Crippen molar-refractivity contribution < 1.29 is 19.1 Å². The largest absolute Gasteiger partial charge is 0.444 e. The molecule has 0 bridgehead atoms. The number of nitriles is 1. The summed E-state index contributed by atoms with van der Waals surface area (Å²) < 4.78 is 5.55. The number of pyridine rings is 1. The number of thioether (sulfide) groups is 1. The zero-order chi connectivity index (χ0) is 29.4. The van der Waals surface area contributed by atoms with Crippen LogP contribution in [0.5, 0.6) is 0 Å². The number of nitrogens with zero attached hydrogens (tertiary/aromatic N) is 5. The number of carbonyl (C=O) groups is 3. The number of ether oxygens (including phenoxy) is 1. The number of rotatable bonds is 8. The minimum absolute atomic E-state index is 0.0958. The maximum Gasteiger partial charge on any atom is 0.410 e. The fraction of sp³-hybridized carbons (Fsp3) is 0.419. The summed E-state index contributed by atoms with van der Waals surface area (Å²) in [6, 6.07) is 12.2. The van der Waals surface area contributed by atoms with Gasteiger partial charge in [-0.05, 0) is 57.0 Å². The predicted molar refractivity (Wildman–Crippen MR) is 156 cm³/mol. The highest BCUT2D eigenvalue weighted by Crippen LogP contribution is 2.52. The highest BCUT2D eigenvalue weighted by atomic mass is 32.2. The molecule has 1 aromatic heterocycles. The van der Waals surface area contributed by atoms with Crippen LogP contribution in [0.3, 0.4) is 0 Å². The van der Waals surface area contributed by atoms with Gasteiger partial charge in [0, 0.05) is 55.3 Å². The molecule has 3 unspecified atom stereocenters. The first-order chi connectivity index (χ1) is 19.5. The van der Waals surface area contributed by atoms with Gasteiger partial charge in [-0.1, -0.05) is 30.0 Å². The number of Topliss-reactive ketones (excluding diaryl/α,β-unsaturated/α-hetero) is 1. The van der Waals surface area contributed by atoms with Gasteiger partial charge < -0.3 is 9.64 Å². The van der Waals surface area contributed by atoms with Crippen LogP contribution in [0.4, 0.5) is 4.79 Å². The number of aromatic nitrogens is 1. The number of hydrogen-bond acceptors (Lipinski definition) is 8. The standard InChI is InChI=1S/C31H33N5O4S/c1-5-12-31(15-20-10-13-33-14-11-20)27(38)36(26-23-17-35(18-24(23)26)29(39)40-30(2,3)4)28(34-31)41-19-25(37)22-8-6-21(16-32)7-9-22/h5-11,13-14,23-24,26H,1,12,15,17-19H2,2-4H3. The van der Waals surface area contributed by atoms with E-state index in [4.69, 9.17) is 15.0 Å². The van der Waals surface area contributed by atoms with E-state index in [1.165, 1.54) is 11.8 Å². The summed E-state index contributed by atoms with van der Waals surface area (Å²) in [5, 5.41) is 9.58. The molecule has 0 N–H and O–H groups in total. The average Bonchev–Trinajstić information content (AvgIpc) is 3.27. The first-order valence-corrected chi connectivity index (χ1v) is 14.6. The summed E-state index contributed by atoms with van der Waals surface area (Å²) in [6.45, 7) is 10.4. The van der Waals surface area contributed by atoms with Crippen LogP contribution in [0, 0.1) is 23.2 Å². The van der Waals surface area contributed by atoms with Gasteiger partial charge >= 0.3 is 6.09 Å². The third kappa shape index (κ3) is 5.91. The molecule has 3 atom stereocenters. The first-order valence-electron chi connectivity index (χ1n) is 13.6. The Balaban J connectivity index is 1.37. The highest BCUT2D eigenvalue weighted by Gasteiger charge is 2.65. The summed E-state index contributed by atoms with van der Waals surface area (Å²) in [5.74, 6) is 0.113. The van der Waals surface area contributed by atoms with Gasteiger partial charge in [-0.3, -0.25) is 19.5 Å². The summed E-state index contributed by atoms with van der Waals surface area (Å²) >= 11 is 1.26. The van der Waals surface area contributed by atoms with Crippen LogP contribution in [0.25, 0.3) is 0 Å². The maximum atomic E-state index is 14.2. The molecule has 5 rings (SSSR count). The Morgan fingerprint density at radius 1 is 1.17 bits per heavy atom. The molecule has 41 heavy (non-hydrogen) atoms. The second-order valence-electron chi connectivity index (χ2n) is 11.7. The van der Waals surface area contributed by atoms with Gasteiger partial charge in [0.25, 0.3) is 5.91 Å². The Bertz CT molecular complexity index is 1420. The minimum Gasteiger partial charge on any atom is -0.444 e. The molecule has 2 aliphatic heterocycles. The molecule has 0 radical (unpaired) electrons.